The number of carbonyl (C=O) groups is 3. The Bertz CT molecular complexity index is 357. The molecule has 7 heteroatoms. The van der Waals surface area contributed by atoms with Gasteiger partial charge >= 0.3 is 11.9 Å². The molecule has 0 bridgehead atoms. The Morgan fingerprint density at radius 3 is 2.52 bits per heavy atom. The van der Waals surface area contributed by atoms with Crippen LogP contribution in [-0.2, 0) is 23.9 Å². The van der Waals surface area contributed by atoms with Gasteiger partial charge in [0.25, 0.3) is 0 Å². The molecule has 0 unspecified atom stereocenters. The molecule has 120 valence electrons. The van der Waals surface area contributed by atoms with E-state index in [1.807, 2.05) is 0 Å². The van der Waals surface area contributed by atoms with Gasteiger partial charge in [-0.3, -0.25) is 19.3 Å². The molecule has 0 rings (SSSR count). The number of amides is 1. The Morgan fingerprint density at radius 1 is 1.24 bits per heavy atom. The molecule has 0 atom stereocenters. The lowest BCUT2D eigenvalue weighted by Crippen LogP contribution is -2.40. The van der Waals surface area contributed by atoms with Crippen LogP contribution >= 0.6 is 0 Å². The second-order valence-electron chi connectivity index (χ2n) is 4.29. The summed E-state index contributed by atoms with van der Waals surface area (Å²) >= 11 is 0. The maximum absolute atomic E-state index is 11.7. The van der Waals surface area contributed by atoms with Crippen LogP contribution in [0.4, 0.5) is 0 Å². The van der Waals surface area contributed by atoms with Gasteiger partial charge in [-0.1, -0.05) is 6.08 Å². The molecule has 0 fully saturated rings. The SMILES string of the molecule is C=CCN(CC(=O)NCCCC(=O)OC)CC(=O)OCC. The van der Waals surface area contributed by atoms with Gasteiger partial charge in [0.1, 0.15) is 0 Å². The van der Waals surface area contributed by atoms with E-state index in [9.17, 15) is 14.4 Å². The van der Waals surface area contributed by atoms with Crippen molar-refractivity contribution < 1.29 is 23.9 Å². The monoisotopic (exact) mass is 300 g/mol. The van der Waals surface area contributed by atoms with Crippen LogP contribution in [0.2, 0.25) is 0 Å². The molecule has 0 aromatic carbocycles. The molecule has 0 aliphatic carbocycles. The van der Waals surface area contributed by atoms with E-state index in [0.717, 1.165) is 0 Å². The van der Waals surface area contributed by atoms with Crippen LogP contribution in [-0.4, -0.2) is 62.6 Å². The second-order valence-corrected chi connectivity index (χ2v) is 4.29. The van der Waals surface area contributed by atoms with E-state index >= 15 is 0 Å². The van der Waals surface area contributed by atoms with Crippen molar-refractivity contribution in [3.8, 4) is 0 Å². The number of nitrogens with zero attached hydrogens (tertiary/aromatic N) is 1. The zero-order chi connectivity index (χ0) is 16.1. The van der Waals surface area contributed by atoms with Crippen LogP contribution in [0.1, 0.15) is 19.8 Å². The minimum absolute atomic E-state index is 0.0371. The van der Waals surface area contributed by atoms with Crippen molar-refractivity contribution in [2.24, 2.45) is 0 Å². The van der Waals surface area contributed by atoms with E-state index in [2.05, 4.69) is 16.6 Å². The molecular weight excluding hydrogens is 276 g/mol. The molecule has 0 saturated carbocycles. The van der Waals surface area contributed by atoms with Crippen molar-refractivity contribution in [3.05, 3.63) is 12.7 Å². The van der Waals surface area contributed by atoms with Crippen molar-refractivity contribution in [3.63, 3.8) is 0 Å². The molecule has 21 heavy (non-hydrogen) atoms. The lowest BCUT2D eigenvalue weighted by molar-refractivity contribution is -0.144. The van der Waals surface area contributed by atoms with Gasteiger partial charge < -0.3 is 14.8 Å². The highest BCUT2D eigenvalue weighted by Crippen LogP contribution is 1.93. The molecule has 0 spiro atoms. The topological polar surface area (TPSA) is 84.9 Å². The summed E-state index contributed by atoms with van der Waals surface area (Å²) < 4.78 is 9.34. The minimum Gasteiger partial charge on any atom is -0.469 e. The quantitative estimate of drug-likeness (QED) is 0.331. The maximum Gasteiger partial charge on any atom is 0.320 e. The number of methoxy groups -OCH3 is 1. The van der Waals surface area contributed by atoms with E-state index < -0.39 is 0 Å². The molecule has 1 amide bonds. The largest absolute Gasteiger partial charge is 0.469 e. The second kappa shape index (κ2) is 11.9. The lowest BCUT2D eigenvalue weighted by Gasteiger charge is -2.18. The summed E-state index contributed by atoms with van der Waals surface area (Å²) in [6, 6.07) is 0. The molecular formula is C14H24N2O5. The normalized spacial score (nSPS) is 10.0. The fourth-order valence-electron chi connectivity index (χ4n) is 1.58. The van der Waals surface area contributed by atoms with Crippen molar-refractivity contribution >= 4 is 17.8 Å². The molecule has 0 aliphatic rings. The van der Waals surface area contributed by atoms with Crippen molar-refractivity contribution in [1.82, 2.24) is 10.2 Å². The summed E-state index contributed by atoms with van der Waals surface area (Å²) in [4.78, 5) is 35.6. The number of hydrogen-bond acceptors (Lipinski definition) is 6. The van der Waals surface area contributed by atoms with E-state index in [0.29, 0.717) is 26.1 Å². The zero-order valence-corrected chi connectivity index (χ0v) is 12.7. The molecule has 0 radical (unpaired) electrons. The predicted octanol–water partition coefficient (Wildman–Crippen LogP) is 0.107. The smallest absolute Gasteiger partial charge is 0.320 e. The fourth-order valence-corrected chi connectivity index (χ4v) is 1.58. The van der Waals surface area contributed by atoms with Gasteiger partial charge in [-0.15, -0.1) is 6.58 Å². The molecule has 0 saturated heterocycles. The highest BCUT2D eigenvalue weighted by molar-refractivity contribution is 5.79. The molecule has 7 nitrogen and oxygen atoms in total. The van der Waals surface area contributed by atoms with Crippen LogP contribution in [0.3, 0.4) is 0 Å². The highest BCUT2D eigenvalue weighted by atomic mass is 16.5. The summed E-state index contributed by atoms with van der Waals surface area (Å²) in [5.74, 6) is -0.899. The van der Waals surface area contributed by atoms with E-state index in [1.54, 1.807) is 17.9 Å². The summed E-state index contributed by atoms with van der Waals surface area (Å²) in [6.07, 6.45) is 2.39. The van der Waals surface area contributed by atoms with Gasteiger partial charge in [0.2, 0.25) is 5.91 Å². The third-order valence-corrected chi connectivity index (χ3v) is 2.52. The van der Waals surface area contributed by atoms with Crippen molar-refractivity contribution in [2.45, 2.75) is 19.8 Å². The highest BCUT2D eigenvalue weighted by Gasteiger charge is 2.14. The first-order chi connectivity index (χ1) is 10.0. The van der Waals surface area contributed by atoms with E-state index in [4.69, 9.17) is 4.74 Å². The number of carbonyl (C=O) groups excluding carboxylic acids is 3. The Hall–Kier alpha value is -1.89. The molecule has 1 N–H and O–H groups in total. The number of esters is 2. The Morgan fingerprint density at radius 2 is 1.95 bits per heavy atom. The predicted molar refractivity (Wildman–Crippen MR) is 77.5 cm³/mol. The summed E-state index contributed by atoms with van der Waals surface area (Å²) in [7, 11) is 1.32. The number of nitrogens with one attached hydrogen (secondary N) is 1. The third-order valence-electron chi connectivity index (χ3n) is 2.52. The van der Waals surface area contributed by atoms with E-state index in [-0.39, 0.29) is 37.4 Å². The minimum atomic E-state index is -0.377. The summed E-state index contributed by atoms with van der Waals surface area (Å²) in [5, 5.41) is 2.68. The van der Waals surface area contributed by atoms with Gasteiger partial charge in [-0.25, -0.2) is 0 Å². The zero-order valence-electron chi connectivity index (χ0n) is 12.7. The Kier molecular flexibility index (Phi) is 10.8. The standard InChI is InChI=1S/C14H24N2O5/c1-4-9-16(11-14(19)21-5-2)10-12(17)15-8-6-7-13(18)20-3/h4H,1,5-11H2,2-3H3,(H,15,17). The molecule has 0 aromatic heterocycles. The molecule has 0 heterocycles. The number of rotatable bonds is 11. The van der Waals surface area contributed by atoms with Crippen LogP contribution in [0.25, 0.3) is 0 Å². The average molecular weight is 300 g/mol. The molecule has 0 aliphatic heterocycles. The Labute approximate surface area is 125 Å². The van der Waals surface area contributed by atoms with Crippen LogP contribution in [0.5, 0.6) is 0 Å². The first-order valence-electron chi connectivity index (χ1n) is 6.85. The van der Waals surface area contributed by atoms with Crippen LogP contribution in [0.15, 0.2) is 12.7 Å². The summed E-state index contributed by atoms with van der Waals surface area (Å²) in [6.45, 7) is 6.53. The Balaban J connectivity index is 4.02. The number of hydrogen-bond donors (Lipinski definition) is 1. The van der Waals surface area contributed by atoms with Crippen molar-refractivity contribution in [1.29, 1.82) is 0 Å². The third kappa shape index (κ3) is 10.5. The van der Waals surface area contributed by atoms with Gasteiger partial charge in [0.15, 0.2) is 0 Å². The van der Waals surface area contributed by atoms with Gasteiger partial charge in [0, 0.05) is 19.5 Å². The van der Waals surface area contributed by atoms with Crippen LogP contribution in [0, 0.1) is 0 Å². The first-order valence-corrected chi connectivity index (χ1v) is 6.85. The summed E-state index contributed by atoms with van der Waals surface area (Å²) in [5.41, 5.74) is 0. The molecule has 0 aromatic rings. The number of ether oxygens (including phenoxy) is 2. The van der Waals surface area contributed by atoms with Gasteiger partial charge in [-0.2, -0.15) is 0 Å². The van der Waals surface area contributed by atoms with Gasteiger partial charge in [-0.05, 0) is 13.3 Å². The lowest BCUT2D eigenvalue weighted by atomic mass is 10.3. The van der Waals surface area contributed by atoms with E-state index in [1.165, 1.54) is 7.11 Å². The van der Waals surface area contributed by atoms with Crippen LogP contribution < -0.4 is 5.32 Å². The maximum atomic E-state index is 11.7. The fraction of sp³-hybridized carbons (Fsp3) is 0.643. The average Bonchev–Trinajstić information content (AvgIpc) is 2.43. The first kappa shape index (κ1) is 19.1. The van der Waals surface area contributed by atoms with Gasteiger partial charge in [0.05, 0.1) is 26.8 Å². The van der Waals surface area contributed by atoms with Crippen molar-refractivity contribution in [2.75, 3.05) is 39.9 Å².